The number of ether oxygens (including phenoxy) is 1. The van der Waals surface area contributed by atoms with E-state index >= 15 is 0 Å². The summed E-state index contributed by atoms with van der Waals surface area (Å²) >= 11 is 6.28. The summed E-state index contributed by atoms with van der Waals surface area (Å²) in [4.78, 5) is 39.9. The van der Waals surface area contributed by atoms with Crippen molar-refractivity contribution in [3.63, 3.8) is 0 Å². The largest absolute Gasteiger partial charge is 0.495 e. The lowest BCUT2D eigenvalue weighted by Crippen LogP contribution is -2.32. The molecule has 4 rings (SSSR count). The maximum Gasteiger partial charge on any atom is 0.283 e. The van der Waals surface area contributed by atoms with Crippen LogP contribution < -0.4 is 20.3 Å². The van der Waals surface area contributed by atoms with Crippen molar-refractivity contribution < 1.29 is 19.1 Å². The molecule has 3 aromatic carbocycles. The molecule has 2 N–H and O–H groups in total. The summed E-state index contributed by atoms with van der Waals surface area (Å²) in [6.45, 7) is 5.82. The Hall–Kier alpha value is -4.10. The number of aryl methyl sites for hydroxylation is 3. The van der Waals surface area contributed by atoms with Crippen LogP contribution in [0.15, 0.2) is 71.4 Å². The Morgan fingerprint density at radius 3 is 2.37 bits per heavy atom. The van der Waals surface area contributed by atoms with Crippen LogP contribution in [-0.2, 0) is 9.59 Å². The van der Waals surface area contributed by atoms with E-state index in [2.05, 4.69) is 10.6 Å². The van der Waals surface area contributed by atoms with Crippen LogP contribution in [0.25, 0.3) is 0 Å². The monoisotopic (exact) mass is 489 g/mol. The van der Waals surface area contributed by atoms with Crippen molar-refractivity contribution in [2.24, 2.45) is 0 Å². The second-order valence-corrected chi connectivity index (χ2v) is 8.65. The van der Waals surface area contributed by atoms with E-state index in [1.165, 1.54) is 7.11 Å². The zero-order chi connectivity index (χ0) is 25.3. The van der Waals surface area contributed by atoms with Gasteiger partial charge in [0.1, 0.15) is 16.5 Å². The topological polar surface area (TPSA) is 87.7 Å². The molecule has 0 fully saturated rings. The van der Waals surface area contributed by atoms with Gasteiger partial charge in [0.15, 0.2) is 0 Å². The SMILES string of the molecule is COc1ccc(C)cc1N1C(=O)C(Cl)=C(Nc2cccc(C(=O)Nc3ccc(C)c(C)c3)c2)C1=O. The van der Waals surface area contributed by atoms with Crippen molar-refractivity contribution in [2.75, 3.05) is 22.6 Å². The average molecular weight is 490 g/mol. The van der Waals surface area contributed by atoms with Crippen LogP contribution >= 0.6 is 11.6 Å². The summed E-state index contributed by atoms with van der Waals surface area (Å²) in [5.41, 5.74) is 4.77. The molecular weight excluding hydrogens is 466 g/mol. The van der Waals surface area contributed by atoms with Gasteiger partial charge in [-0.2, -0.15) is 0 Å². The second kappa shape index (κ2) is 9.64. The van der Waals surface area contributed by atoms with Gasteiger partial charge in [0.2, 0.25) is 0 Å². The van der Waals surface area contributed by atoms with Crippen LogP contribution in [-0.4, -0.2) is 24.8 Å². The minimum atomic E-state index is -0.660. The Bertz CT molecular complexity index is 1400. The Morgan fingerprint density at radius 2 is 1.66 bits per heavy atom. The van der Waals surface area contributed by atoms with Crippen LogP contribution in [0.5, 0.6) is 5.75 Å². The lowest BCUT2D eigenvalue weighted by Gasteiger charge is -2.18. The fourth-order valence-electron chi connectivity index (χ4n) is 3.71. The second-order valence-electron chi connectivity index (χ2n) is 8.27. The lowest BCUT2D eigenvalue weighted by atomic mass is 10.1. The third kappa shape index (κ3) is 4.76. The first kappa shape index (κ1) is 24.0. The predicted octanol–water partition coefficient (Wildman–Crippen LogP) is 5.31. The number of hydrogen-bond acceptors (Lipinski definition) is 5. The number of halogens is 1. The number of amides is 3. The zero-order valence-electron chi connectivity index (χ0n) is 19.7. The lowest BCUT2D eigenvalue weighted by molar-refractivity contribution is -0.120. The molecule has 3 aromatic rings. The standard InChI is InChI=1S/C27H24ClN3O4/c1-15-8-11-22(35-4)21(12-15)31-26(33)23(28)24(27(31)34)29-19-7-5-6-18(14-19)25(32)30-20-10-9-16(2)17(3)13-20/h5-14,29H,1-4H3,(H,30,32). The van der Waals surface area contributed by atoms with Gasteiger partial charge in [-0.25, -0.2) is 4.90 Å². The fourth-order valence-corrected chi connectivity index (χ4v) is 3.92. The van der Waals surface area contributed by atoms with Crippen molar-refractivity contribution in [1.82, 2.24) is 0 Å². The molecule has 7 nitrogen and oxygen atoms in total. The Kier molecular flexibility index (Phi) is 6.62. The van der Waals surface area contributed by atoms with Gasteiger partial charge in [0.05, 0.1) is 12.8 Å². The minimum absolute atomic E-state index is 0.0769. The van der Waals surface area contributed by atoms with Gasteiger partial charge in [0, 0.05) is 16.9 Å². The molecule has 1 aliphatic heterocycles. The third-order valence-corrected chi connectivity index (χ3v) is 6.11. The number of nitrogens with one attached hydrogen (secondary N) is 2. The number of nitrogens with zero attached hydrogens (tertiary/aromatic N) is 1. The molecule has 1 heterocycles. The van der Waals surface area contributed by atoms with Gasteiger partial charge in [0.25, 0.3) is 17.7 Å². The number of carbonyl (C=O) groups excluding carboxylic acids is 3. The molecule has 35 heavy (non-hydrogen) atoms. The number of methoxy groups -OCH3 is 1. The summed E-state index contributed by atoms with van der Waals surface area (Å²) in [7, 11) is 1.46. The smallest absolute Gasteiger partial charge is 0.283 e. The number of benzene rings is 3. The highest BCUT2D eigenvalue weighted by atomic mass is 35.5. The molecule has 8 heteroatoms. The normalized spacial score (nSPS) is 13.3. The Balaban J connectivity index is 1.56. The zero-order valence-corrected chi connectivity index (χ0v) is 20.5. The molecule has 0 aliphatic carbocycles. The van der Waals surface area contributed by atoms with E-state index in [0.29, 0.717) is 28.4 Å². The van der Waals surface area contributed by atoms with Crippen molar-refractivity contribution in [3.05, 3.63) is 93.6 Å². The summed E-state index contributed by atoms with van der Waals surface area (Å²) in [6, 6.07) is 17.4. The highest BCUT2D eigenvalue weighted by Gasteiger charge is 2.40. The van der Waals surface area contributed by atoms with Gasteiger partial charge in [-0.05, 0) is 79.9 Å². The van der Waals surface area contributed by atoms with Crippen molar-refractivity contribution in [3.8, 4) is 5.75 Å². The van der Waals surface area contributed by atoms with Gasteiger partial charge in [-0.15, -0.1) is 0 Å². The highest BCUT2D eigenvalue weighted by molar-refractivity contribution is 6.53. The summed E-state index contributed by atoms with van der Waals surface area (Å²) < 4.78 is 5.33. The van der Waals surface area contributed by atoms with Crippen molar-refractivity contribution >= 4 is 46.4 Å². The van der Waals surface area contributed by atoms with E-state index < -0.39 is 11.8 Å². The molecule has 0 bridgehead atoms. The van der Waals surface area contributed by atoms with E-state index in [0.717, 1.165) is 21.6 Å². The van der Waals surface area contributed by atoms with Gasteiger partial charge < -0.3 is 15.4 Å². The van der Waals surface area contributed by atoms with Crippen LogP contribution in [0, 0.1) is 20.8 Å². The molecule has 0 saturated carbocycles. The highest BCUT2D eigenvalue weighted by Crippen LogP contribution is 2.36. The minimum Gasteiger partial charge on any atom is -0.495 e. The molecule has 0 unspecified atom stereocenters. The maximum absolute atomic E-state index is 13.2. The van der Waals surface area contributed by atoms with E-state index in [1.807, 2.05) is 45.0 Å². The molecule has 0 aromatic heterocycles. The predicted molar refractivity (Wildman–Crippen MR) is 137 cm³/mol. The molecule has 0 spiro atoms. The third-order valence-electron chi connectivity index (χ3n) is 5.76. The summed E-state index contributed by atoms with van der Waals surface area (Å²) in [6.07, 6.45) is 0. The van der Waals surface area contributed by atoms with Crippen LogP contribution in [0.1, 0.15) is 27.0 Å². The fraction of sp³-hybridized carbons (Fsp3) is 0.148. The van der Waals surface area contributed by atoms with Crippen LogP contribution in [0.3, 0.4) is 0 Å². The van der Waals surface area contributed by atoms with E-state index in [9.17, 15) is 14.4 Å². The van der Waals surface area contributed by atoms with Crippen LogP contribution in [0.4, 0.5) is 17.1 Å². The number of hydrogen-bond donors (Lipinski definition) is 2. The molecular formula is C27H24ClN3O4. The van der Waals surface area contributed by atoms with Crippen LogP contribution in [0.2, 0.25) is 0 Å². The van der Waals surface area contributed by atoms with Crippen molar-refractivity contribution in [2.45, 2.75) is 20.8 Å². The van der Waals surface area contributed by atoms with E-state index in [4.69, 9.17) is 16.3 Å². The van der Waals surface area contributed by atoms with Gasteiger partial charge in [-0.1, -0.05) is 29.8 Å². The molecule has 3 amide bonds. The summed E-state index contributed by atoms with van der Waals surface area (Å²) in [5.74, 6) is -1.22. The van der Waals surface area contributed by atoms with E-state index in [1.54, 1.807) is 36.4 Å². The molecule has 0 radical (unpaired) electrons. The van der Waals surface area contributed by atoms with Gasteiger partial charge in [-0.3, -0.25) is 14.4 Å². The molecule has 1 aliphatic rings. The Morgan fingerprint density at radius 1 is 0.886 bits per heavy atom. The maximum atomic E-state index is 13.2. The number of imide groups is 1. The summed E-state index contributed by atoms with van der Waals surface area (Å²) in [5, 5.41) is 5.54. The quantitative estimate of drug-likeness (QED) is 0.458. The van der Waals surface area contributed by atoms with E-state index in [-0.39, 0.29) is 16.6 Å². The molecule has 178 valence electrons. The molecule has 0 atom stereocenters. The average Bonchev–Trinajstić information content (AvgIpc) is 3.04. The number of anilines is 3. The Labute approximate surface area is 208 Å². The number of carbonyl (C=O) groups is 3. The number of rotatable bonds is 6. The first-order valence-corrected chi connectivity index (χ1v) is 11.3. The first-order chi connectivity index (χ1) is 16.7. The first-order valence-electron chi connectivity index (χ1n) is 10.9. The van der Waals surface area contributed by atoms with Crippen molar-refractivity contribution in [1.29, 1.82) is 0 Å². The molecule has 0 saturated heterocycles. The van der Waals surface area contributed by atoms with Gasteiger partial charge >= 0.3 is 0 Å².